The van der Waals surface area contributed by atoms with Crippen LogP contribution in [0.15, 0.2) is 36.0 Å². The number of thiazole rings is 1. The van der Waals surface area contributed by atoms with Gasteiger partial charge >= 0.3 is 0 Å². The minimum Gasteiger partial charge on any atom is -0.293 e. The van der Waals surface area contributed by atoms with Gasteiger partial charge in [-0.3, -0.25) is 9.78 Å². The number of hydrogen-bond donors (Lipinski definition) is 0. The Balaban J connectivity index is 2.09. The molecule has 94 valence electrons. The lowest BCUT2D eigenvalue weighted by Gasteiger charge is -2.19. The van der Waals surface area contributed by atoms with Gasteiger partial charge in [-0.25, -0.2) is 0 Å². The lowest BCUT2D eigenvalue weighted by atomic mass is 9.86. The molecule has 0 spiro atoms. The van der Waals surface area contributed by atoms with Crippen molar-refractivity contribution in [2.24, 2.45) is 0 Å². The van der Waals surface area contributed by atoms with E-state index in [1.54, 1.807) is 11.7 Å². The maximum absolute atomic E-state index is 11.9. The van der Waals surface area contributed by atoms with Crippen molar-refractivity contribution in [3.05, 3.63) is 52.0 Å². The summed E-state index contributed by atoms with van der Waals surface area (Å²) in [6.45, 7) is 6.55. The largest absolute Gasteiger partial charge is 0.293 e. The van der Waals surface area contributed by atoms with Crippen LogP contribution in [-0.4, -0.2) is 10.8 Å². The van der Waals surface area contributed by atoms with Crippen molar-refractivity contribution in [3.8, 4) is 0 Å². The van der Waals surface area contributed by atoms with Gasteiger partial charge in [-0.2, -0.15) is 0 Å². The molecule has 0 fully saturated rings. The van der Waals surface area contributed by atoms with E-state index in [-0.39, 0.29) is 11.2 Å². The molecule has 0 aliphatic rings. The number of rotatable bonds is 3. The van der Waals surface area contributed by atoms with Crippen LogP contribution < -0.4 is 0 Å². The van der Waals surface area contributed by atoms with E-state index in [1.165, 1.54) is 16.9 Å². The second-order valence-corrected chi connectivity index (χ2v) is 6.30. The normalized spacial score (nSPS) is 11.5. The molecule has 3 heteroatoms. The van der Waals surface area contributed by atoms with Gasteiger partial charge in [0.2, 0.25) is 0 Å². The Morgan fingerprint density at radius 1 is 1.22 bits per heavy atom. The fraction of sp³-hybridized carbons (Fsp3) is 0.333. The van der Waals surface area contributed by atoms with Crippen molar-refractivity contribution in [1.29, 1.82) is 0 Å². The van der Waals surface area contributed by atoms with Gasteiger partial charge in [0.25, 0.3) is 0 Å². The third-order valence-electron chi connectivity index (χ3n) is 2.89. The minimum absolute atomic E-state index is 0.140. The zero-order chi connectivity index (χ0) is 13.2. The van der Waals surface area contributed by atoms with Crippen molar-refractivity contribution in [2.45, 2.75) is 32.6 Å². The number of aromatic nitrogens is 1. The highest BCUT2D eigenvalue weighted by atomic mass is 32.1. The van der Waals surface area contributed by atoms with Crippen LogP contribution in [0.3, 0.4) is 0 Å². The molecular weight excluding hydrogens is 242 g/mol. The van der Waals surface area contributed by atoms with Crippen molar-refractivity contribution < 1.29 is 4.79 Å². The Morgan fingerprint density at radius 3 is 2.39 bits per heavy atom. The molecule has 1 heterocycles. The summed E-state index contributed by atoms with van der Waals surface area (Å²) in [4.78, 5) is 16.6. The van der Waals surface area contributed by atoms with Crippen LogP contribution in [0.4, 0.5) is 0 Å². The number of Topliss-reactive ketones (excluding diaryl/α,β-unsaturated/α-hetero) is 1. The van der Waals surface area contributed by atoms with E-state index < -0.39 is 0 Å². The fourth-order valence-corrected chi connectivity index (χ4v) is 2.31. The molecule has 0 amide bonds. The van der Waals surface area contributed by atoms with Gasteiger partial charge in [0.05, 0.1) is 10.4 Å². The molecule has 0 saturated carbocycles. The quantitative estimate of drug-likeness (QED) is 0.783. The SMILES string of the molecule is CC(C)(C)c1ccc(CC(=O)c2cncs2)cc1. The van der Waals surface area contributed by atoms with E-state index in [4.69, 9.17) is 0 Å². The molecule has 2 rings (SSSR count). The van der Waals surface area contributed by atoms with Gasteiger partial charge in [-0.15, -0.1) is 11.3 Å². The van der Waals surface area contributed by atoms with E-state index in [0.29, 0.717) is 6.42 Å². The fourth-order valence-electron chi connectivity index (χ4n) is 1.75. The van der Waals surface area contributed by atoms with Crippen LogP contribution in [-0.2, 0) is 11.8 Å². The van der Waals surface area contributed by atoms with Crippen LogP contribution in [0.2, 0.25) is 0 Å². The molecule has 0 bridgehead atoms. The van der Waals surface area contributed by atoms with Crippen LogP contribution >= 0.6 is 11.3 Å². The highest BCUT2D eigenvalue weighted by Crippen LogP contribution is 2.22. The van der Waals surface area contributed by atoms with E-state index in [0.717, 1.165) is 10.4 Å². The average Bonchev–Trinajstić information content (AvgIpc) is 2.82. The predicted octanol–water partition coefficient (Wildman–Crippen LogP) is 3.87. The molecule has 0 radical (unpaired) electrons. The lowest BCUT2D eigenvalue weighted by molar-refractivity contribution is 0.0996. The van der Waals surface area contributed by atoms with Crippen LogP contribution in [0.25, 0.3) is 0 Å². The van der Waals surface area contributed by atoms with Gasteiger partial charge in [-0.1, -0.05) is 45.0 Å². The number of benzene rings is 1. The molecule has 18 heavy (non-hydrogen) atoms. The molecular formula is C15H17NOS. The summed E-state index contributed by atoms with van der Waals surface area (Å²) < 4.78 is 0. The third kappa shape index (κ3) is 3.05. The van der Waals surface area contributed by atoms with E-state index >= 15 is 0 Å². The van der Waals surface area contributed by atoms with E-state index in [2.05, 4.69) is 37.9 Å². The zero-order valence-electron chi connectivity index (χ0n) is 10.9. The van der Waals surface area contributed by atoms with Crippen molar-refractivity contribution in [2.75, 3.05) is 0 Å². The minimum atomic E-state index is 0.140. The Morgan fingerprint density at radius 2 is 1.89 bits per heavy atom. The summed E-state index contributed by atoms with van der Waals surface area (Å²) in [6, 6.07) is 8.30. The molecule has 0 N–H and O–H groups in total. The molecule has 0 aliphatic carbocycles. The van der Waals surface area contributed by atoms with E-state index in [1.807, 2.05) is 12.1 Å². The van der Waals surface area contributed by atoms with Crippen molar-refractivity contribution in [1.82, 2.24) is 4.98 Å². The zero-order valence-corrected chi connectivity index (χ0v) is 11.8. The van der Waals surface area contributed by atoms with Crippen molar-refractivity contribution in [3.63, 3.8) is 0 Å². The summed E-state index contributed by atoms with van der Waals surface area (Å²) in [5, 5.41) is 0. The van der Waals surface area contributed by atoms with Gasteiger partial charge in [0, 0.05) is 12.6 Å². The summed E-state index contributed by atoms with van der Waals surface area (Å²) in [5.74, 6) is 0.140. The first kappa shape index (κ1) is 13.0. The molecule has 1 aromatic heterocycles. The second kappa shape index (κ2) is 5.02. The Kier molecular flexibility index (Phi) is 3.62. The van der Waals surface area contributed by atoms with Gasteiger partial charge in [0.1, 0.15) is 0 Å². The molecule has 2 nitrogen and oxygen atoms in total. The number of ketones is 1. The number of carbonyl (C=O) groups is 1. The maximum Gasteiger partial charge on any atom is 0.178 e. The average molecular weight is 259 g/mol. The topological polar surface area (TPSA) is 30.0 Å². The molecule has 2 aromatic rings. The Hall–Kier alpha value is -1.48. The summed E-state index contributed by atoms with van der Waals surface area (Å²) in [7, 11) is 0. The highest BCUT2D eigenvalue weighted by Gasteiger charge is 2.14. The smallest absolute Gasteiger partial charge is 0.178 e. The first-order valence-corrected chi connectivity index (χ1v) is 6.86. The Bertz CT molecular complexity index is 521. The van der Waals surface area contributed by atoms with Gasteiger partial charge in [-0.05, 0) is 16.5 Å². The van der Waals surface area contributed by atoms with Crippen molar-refractivity contribution >= 4 is 17.1 Å². The maximum atomic E-state index is 11.9. The number of nitrogens with zero attached hydrogens (tertiary/aromatic N) is 1. The molecule has 0 unspecified atom stereocenters. The second-order valence-electron chi connectivity index (χ2n) is 5.41. The number of carbonyl (C=O) groups excluding carboxylic acids is 1. The van der Waals surface area contributed by atoms with E-state index in [9.17, 15) is 4.79 Å². The Labute approximate surface area is 112 Å². The molecule has 1 aromatic carbocycles. The van der Waals surface area contributed by atoms with Crippen LogP contribution in [0.1, 0.15) is 41.6 Å². The number of hydrogen-bond acceptors (Lipinski definition) is 3. The highest BCUT2D eigenvalue weighted by molar-refractivity contribution is 7.11. The molecule has 0 atom stereocenters. The third-order valence-corrected chi connectivity index (χ3v) is 3.71. The van der Waals surface area contributed by atoms with Crippen LogP contribution in [0, 0.1) is 0 Å². The lowest BCUT2D eigenvalue weighted by Crippen LogP contribution is -2.11. The predicted molar refractivity (Wildman–Crippen MR) is 75.3 cm³/mol. The molecule has 0 aliphatic heterocycles. The summed E-state index contributed by atoms with van der Waals surface area (Å²) in [5.41, 5.74) is 4.19. The summed E-state index contributed by atoms with van der Waals surface area (Å²) in [6.07, 6.45) is 2.09. The van der Waals surface area contributed by atoms with Gasteiger partial charge < -0.3 is 0 Å². The first-order valence-electron chi connectivity index (χ1n) is 5.98. The molecule has 0 saturated heterocycles. The monoisotopic (exact) mass is 259 g/mol. The summed E-state index contributed by atoms with van der Waals surface area (Å²) >= 11 is 1.40. The standard InChI is InChI=1S/C15H17NOS/c1-15(2,3)12-6-4-11(5-7-12)8-13(17)14-9-16-10-18-14/h4-7,9-10H,8H2,1-3H3. The van der Waals surface area contributed by atoms with Gasteiger partial charge in [0.15, 0.2) is 5.78 Å². The first-order chi connectivity index (χ1) is 8.47. The van der Waals surface area contributed by atoms with Crippen LogP contribution in [0.5, 0.6) is 0 Å².